The maximum atomic E-state index is 13.0. The molecule has 0 aromatic heterocycles. The molecular weight excluding hydrogens is 335 g/mol. The van der Waals surface area contributed by atoms with Gasteiger partial charge in [0.15, 0.2) is 0 Å². The highest BCUT2D eigenvalue weighted by molar-refractivity contribution is 5.97. The lowest BCUT2D eigenvalue weighted by atomic mass is 9.97. The van der Waals surface area contributed by atoms with E-state index in [4.69, 9.17) is 4.74 Å². The second kappa shape index (κ2) is 8.34. The average Bonchev–Trinajstić information content (AvgIpc) is 2.59. The standard InChI is InChI=1S/C21H21FO4/c1-13(2)4-11-17-18(26-3)12-15(19(20(17)23)21(24)25)8-5-14-6-9-16(22)10-7-14/h4-10,12,23H,11H2,1-3H3,(H,24,25)/b8-5+. The number of hydrogen-bond donors (Lipinski definition) is 2. The smallest absolute Gasteiger partial charge is 0.340 e. The SMILES string of the molecule is COc1cc(/C=C/c2ccc(F)cc2)c(C(=O)O)c(O)c1CC=C(C)C. The zero-order valence-electron chi connectivity index (χ0n) is 14.9. The Hall–Kier alpha value is -3.08. The van der Waals surface area contributed by atoms with Crippen molar-refractivity contribution in [3.8, 4) is 11.5 Å². The van der Waals surface area contributed by atoms with Gasteiger partial charge in [0.05, 0.1) is 7.11 Å². The number of rotatable bonds is 6. The molecule has 2 N–H and O–H groups in total. The summed E-state index contributed by atoms with van der Waals surface area (Å²) in [5.74, 6) is -1.49. The largest absolute Gasteiger partial charge is 0.507 e. The van der Waals surface area contributed by atoms with E-state index in [2.05, 4.69) is 0 Å². The number of aromatic carboxylic acids is 1. The van der Waals surface area contributed by atoms with Crippen LogP contribution in [0, 0.1) is 5.82 Å². The normalized spacial score (nSPS) is 10.8. The molecular formula is C21H21FO4. The minimum absolute atomic E-state index is 0.193. The fraction of sp³-hybridized carbons (Fsp3) is 0.190. The van der Waals surface area contributed by atoms with E-state index in [1.54, 1.807) is 30.4 Å². The van der Waals surface area contributed by atoms with Crippen LogP contribution in [0.5, 0.6) is 11.5 Å². The van der Waals surface area contributed by atoms with E-state index >= 15 is 0 Å². The Bertz CT molecular complexity index is 861. The number of aromatic hydroxyl groups is 1. The molecule has 0 aliphatic rings. The summed E-state index contributed by atoms with van der Waals surface area (Å²) in [5, 5.41) is 20.1. The Kier molecular flexibility index (Phi) is 6.17. The summed E-state index contributed by atoms with van der Waals surface area (Å²) in [6.45, 7) is 3.84. The Morgan fingerprint density at radius 3 is 2.38 bits per heavy atom. The van der Waals surface area contributed by atoms with Gasteiger partial charge in [-0.2, -0.15) is 0 Å². The van der Waals surface area contributed by atoms with Crippen molar-refractivity contribution < 1.29 is 24.1 Å². The third kappa shape index (κ3) is 4.51. The van der Waals surface area contributed by atoms with Gasteiger partial charge in [0.2, 0.25) is 0 Å². The second-order valence-electron chi connectivity index (χ2n) is 6.05. The lowest BCUT2D eigenvalue weighted by Gasteiger charge is -2.14. The molecule has 0 saturated heterocycles. The fourth-order valence-electron chi connectivity index (χ4n) is 2.51. The van der Waals surface area contributed by atoms with Crippen molar-refractivity contribution in [2.75, 3.05) is 7.11 Å². The number of halogens is 1. The maximum Gasteiger partial charge on any atom is 0.340 e. The highest BCUT2D eigenvalue weighted by Crippen LogP contribution is 2.36. The first kappa shape index (κ1) is 19.2. The van der Waals surface area contributed by atoms with Crippen LogP contribution in [0.4, 0.5) is 4.39 Å². The molecule has 2 rings (SSSR count). The van der Waals surface area contributed by atoms with Gasteiger partial charge in [-0.1, -0.05) is 35.9 Å². The second-order valence-corrected chi connectivity index (χ2v) is 6.05. The molecule has 0 radical (unpaired) electrons. The van der Waals surface area contributed by atoms with E-state index in [9.17, 15) is 19.4 Å². The predicted molar refractivity (Wildman–Crippen MR) is 100 cm³/mol. The molecule has 26 heavy (non-hydrogen) atoms. The summed E-state index contributed by atoms with van der Waals surface area (Å²) in [6.07, 6.45) is 5.45. The van der Waals surface area contributed by atoms with E-state index in [1.165, 1.54) is 19.2 Å². The molecule has 2 aromatic rings. The van der Waals surface area contributed by atoms with Gasteiger partial charge in [0.25, 0.3) is 0 Å². The number of allylic oxidation sites excluding steroid dienone is 2. The maximum absolute atomic E-state index is 13.0. The van der Waals surface area contributed by atoms with Gasteiger partial charge in [-0.25, -0.2) is 9.18 Å². The molecule has 0 atom stereocenters. The van der Waals surface area contributed by atoms with Crippen molar-refractivity contribution in [3.05, 3.63) is 70.1 Å². The van der Waals surface area contributed by atoms with E-state index in [1.807, 2.05) is 19.9 Å². The van der Waals surface area contributed by atoms with Crippen molar-refractivity contribution in [3.63, 3.8) is 0 Å². The Morgan fingerprint density at radius 1 is 1.19 bits per heavy atom. The van der Waals surface area contributed by atoms with Crippen LogP contribution in [-0.2, 0) is 6.42 Å². The van der Waals surface area contributed by atoms with Gasteiger partial charge < -0.3 is 14.9 Å². The average molecular weight is 356 g/mol. The summed E-state index contributed by atoms with van der Waals surface area (Å²) in [7, 11) is 1.47. The van der Waals surface area contributed by atoms with E-state index in [0.717, 1.165) is 5.57 Å². The van der Waals surface area contributed by atoms with Gasteiger partial charge in [-0.05, 0) is 49.6 Å². The molecule has 0 saturated carbocycles. The highest BCUT2D eigenvalue weighted by atomic mass is 19.1. The number of hydrogen-bond acceptors (Lipinski definition) is 3. The topological polar surface area (TPSA) is 66.8 Å². The molecule has 0 amide bonds. The van der Waals surface area contributed by atoms with Crippen molar-refractivity contribution in [2.45, 2.75) is 20.3 Å². The van der Waals surface area contributed by atoms with E-state index in [0.29, 0.717) is 28.9 Å². The van der Waals surface area contributed by atoms with Gasteiger partial charge in [-0.3, -0.25) is 0 Å². The highest BCUT2D eigenvalue weighted by Gasteiger charge is 2.21. The molecule has 0 heterocycles. The third-order valence-corrected chi connectivity index (χ3v) is 3.87. The number of carbonyl (C=O) groups is 1. The first-order valence-electron chi connectivity index (χ1n) is 8.06. The lowest BCUT2D eigenvalue weighted by molar-refractivity contribution is 0.0693. The zero-order chi connectivity index (χ0) is 19.3. The van der Waals surface area contributed by atoms with Crippen LogP contribution in [0.25, 0.3) is 12.2 Å². The first-order valence-corrected chi connectivity index (χ1v) is 8.06. The molecule has 0 aliphatic carbocycles. The third-order valence-electron chi connectivity index (χ3n) is 3.87. The summed E-state index contributed by atoms with van der Waals surface area (Å²) < 4.78 is 18.3. The molecule has 0 fully saturated rings. The van der Waals surface area contributed by atoms with Crippen molar-refractivity contribution in [1.29, 1.82) is 0 Å². The van der Waals surface area contributed by atoms with E-state index < -0.39 is 5.97 Å². The number of carboxylic acids is 1. The fourth-order valence-corrected chi connectivity index (χ4v) is 2.51. The van der Waals surface area contributed by atoms with Crippen molar-refractivity contribution in [2.24, 2.45) is 0 Å². The Morgan fingerprint density at radius 2 is 1.85 bits per heavy atom. The molecule has 0 aliphatic heterocycles. The number of benzene rings is 2. The van der Waals surface area contributed by atoms with Crippen LogP contribution >= 0.6 is 0 Å². The quantitative estimate of drug-likeness (QED) is 0.570. The molecule has 2 aromatic carbocycles. The molecule has 0 spiro atoms. The van der Waals surface area contributed by atoms with Crippen LogP contribution < -0.4 is 4.74 Å². The van der Waals surface area contributed by atoms with Gasteiger partial charge in [0.1, 0.15) is 22.9 Å². The van der Waals surface area contributed by atoms with Crippen LogP contribution in [0.3, 0.4) is 0 Å². The summed E-state index contributed by atoms with van der Waals surface area (Å²) in [5.41, 5.74) is 2.28. The molecule has 4 nitrogen and oxygen atoms in total. The van der Waals surface area contributed by atoms with Crippen LogP contribution in [0.15, 0.2) is 42.0 Å². The molecule has 0 bridgehead atoms. The predicted octanol–water partition coefficient (Wildman–Crippen LogP) is 4.92. The minimum atomic E-state index is -1.23. The lowest BCUT2D eigenvalue weighted by Crippen LogP contribution is -2.04. The molecule has 136 valence electrons. The number of ether oxygens (including phenoxy) is 1. The first-order chi connectivity index (χ1) is 12.3. The molecule has 0 unspecified atom stereocenters. The van der Waals surface area contributed by atoms with Crippen LogP contribution in [0.1, 0.15) is 40.9 Å². The van der Waals surface area contributed by atoms with Gasteiger partial charge in [-0.15, -0.1) is 0 Å². The van der Waals surface area contributed by atoms with Crippen LogP contribution in [-0.4, -0.2) is 23.3 Å². The Labute approximate surface area is 151 Å². The molecule has 5 heteroatoms. The van der Waals surface area contributed by atoms with Crippen LogP contribution in [0.2, 0.25) is 0 Å². The number of methoxy groups -OCH3 is 1. The summed E-state index contributed by atoms with van der Waals surface area (Å²) in [6, 6.07) is 7.37. The summed E-state index contributed by atoms with van der Waals surface area (Å²) >= 11 is 0. The zero-order valence-corrected chi connectivity index (χ0v) is 14.9. The number of carboxylic acid groups (broad SMARTS) is 1. The summed E-state index contributed by atoms with van der Waals surface area (Å²) in [4.78, 5) is 11.7. The van der Waals surface area contributed by atoms with Crippen molar-refractivity contribution in [1.82, 2.24) is 0 Å². The minimum Gasteiger partial charge on any atom is -0.507 e. The number of phenols is 1. The monoisotopic (exact) mass is 356 g/mol. The Balaban J connectivity index is 2.54. The van der Waals surface area contributed by atoms with Gasteiger partial charge >= 0.3 is 5.97 Å². The van der Waals surface area contributed by atoms with Gasteiger partial charge in [0, 0.05) is 5.56 Å². The van der Waals surface area contributed by atoms with E-state index in [-0.39, 0.29) is 17.1 Å². The van der Waals surface area contributed by atoms with Crippen molar-refractivity contribution >= 4 is 18.1 Å².